The number of aromatic nitrogens is 4. The zero-order valence-corrected chi connectivity index (χ0v) is 23.8. The number of nitrogens with two attached hydrogens (primary N) is 1. The molecular formula is C28H28N6OS3. The van der Waals surface area contributed by atoms with E-state index >= 15 is 0 Å². The number of pyridine rings is 1. The molecule has 38 heavy (non-hydrogen) atoms. The van der Waals surface area contributed by atoms with E-state index in [9.17, 15) is 4.21 Å². The van der Waals surface area contributed by atoms with Gasteiger partial charge in [0, 0.05) is 59.3 Å². The van der Waals surface area contributed by atoms with Crippen molar-refractivity contribution in [2.75, 3.05) is 11.5 Å². The zero-order chi connectivity index (χ0) is 28.5. The summed E-state index contributed by atoms with van der Waals surface area (Å²) in [6, 6.07) is 1.97. The lowest BCUT2D eigenvalue weighted by atomic mass is 10.1. The Morgan fingerprint density at radius 2 is 1.82 bits per heavy atom. The first-order valence-electron chi connectivity index (χ1n) is 10.9. The summed E-state index contributed by atoms with van der Waals surface area (Å²) in [6.45, 7) is 17.6. The molecule has 3 N–H and O–H groups in total. The number of anilines is 1. The van der Waals surface area contributed by atoms with Crippen molar-refractivity contribution in [3.05, 3.63) is 91.6 Å². The molecular weight excluding hydrogens is 533 g/mol. The Morgan fingerprint density at radius 3 is 2.26 bits per heavy atom. The van der Waals surface area contributed by atoms with E-state index in [0.29, 0.717) is 15.6 Å². The van der Waals surface area contributed by atoms with Gasteiger partial charge in [0.1, 0.15) is 25.6 Å². The molecule has 1 unspecified atom stereocenters. The van der Waals surface area contributed by atoms with Crippen molar-refractivity contribution < 1.29 is 4.21 Å². The molecule has 0 fully saturated rings. The molecule has 4 aromatic heterocycles. The van der Waals surface area contributed by atoms with Crippen molar-refractivity contribution in [1.82, 2.24) is 19.5 Å². The van der Waals surface area contributed by atoms with Crippen molar-refractivity contribution in [3.63, 3.8) is 0 Å². The molecule has 7 nitrogen and oxygen atoms in total. The summed E-state index contributed by atoms with van der Waals surface area (Å²) in [7, 11) is 0.823. The molecule has 0 aromatic carbocycles. The summed E-state index contributed by atoms with van der Waals surface area (Å²) < 4.78 is 15.2. The van der Waals surface area contributed by atoms with Crippen molar-refractivity contribution >= 4 is 55.2 Å². The van der Waals surface area contributed by atoms with Gasteiger partial charge in [0.15, 0.2) is 0 Å². The van der Waals surface area contributed by atoms with Crippen LogP contribution in [0.4, 0.5) is 5.69 Å². The Kier molecular flexibility index (Phi) is 14.4. The SMILES string of the molecule is C=C.C=C=C=C=C.C=C=C=C=N.CCCS(=O)c1sc2nc(-c3nccs3)cc(-c3nccn3C)c2c1N. The van der Waals surface area contributed by atoms with E-state index in [4.69, 9.17) is 16.1 Å². The fourth-order valence-electron chi connectivity index (χ4n) is 2.92. The number of thiazole rings is 1. The number of hydrogen-bond acceptors (Lipinski definition) is 8. The molecule has 0 amide bonds. The van der Waals surface area contributed by atoms with Crippen molar-refractivity contribution in [2.24, 2.45) is 7.05 Å². The van der Waals surface area contributed by atoms with Crippen LogP contribution >= 0.6 is 22.7 Å². The van der Waals surface area contributed by atoms with Crippen LogP contribution in [0, 0.1) is 5.41 Å². The number of rotatable bonds is 5. The van der Waals surface area contributed by atoms with Crippen molar-refractivity contribution in [3.8, 4) is 22.1 Å². The summed E-state index contributed by atoms with van der Waals surface area (Å²) in [5, 5.41) is 9.72. The third-order valence-electron chi connectivity index (χ3n) is 4.30. The summed E-state index contributed by atoms with van der Waals surface area (Å²) in [6.07, 6.45) is 6.24. The number of imidazole rings is 1. The number of nitrogens with one attached hydrogen (secondary N) is 1. The van der Waals surface area contributed by atoms with E-state index in [1.165, 1.54) is 22.7 Å². The fraction of sp³-hybridized carbons (Fsp3) is 0.143. The van der Waals surface area contributed by atoms with Gasteiger partial charge in [0.25, 0.3) is 0 Å². The molecule has 0 saturated carbocycles. The first-order valence-corrected chi connectivity index (χ1v) is 13.9. The Morgan fingerprint density at radius 1 is 1.13 bits per heavy atom. The van der Waals surface area contributed by atoms with Gasteiger partial charge in [-0.15, -0.1) is 35.8 Å². The van der Waals surface area contributed by atoms with Gasteiger partial charge in [0.05, 0.1) is 16.5 Å². The van der Waals surface area contributed by atoms with Crippen molar-refractivity contribution in [2.45, 2.75) is 17.6 Å². The average molecular weight is 561 g/mol. The fourth-order valence-corrected chi connectivity index (χ4v) is 6.13. The van der Waals surface area contributed by atoms with Gasteiger partial charge in [-0.2, -0.15) is 0 Å². The molecule has 0 aliphatic rings. The molecule has 0 saturated heterocycles. The number of hydrogen-bond donors (Lipinski definition) is 2. The average Bonchev–Trinajstić information content (AvgIpc) is 3.68. The molecule has 0 aliphatic carbocycles. The van der Waals surface area contributed by atoms with Crippen LogP contribution in [0.25, 0.3) is 32.3 Å². The van der Waals surface area contributed by atoms with Gasteiger partial charge in [-0.1, -0.05) is 24.1 Å². The van der Waals surface area contributed by atoms with Gasteiger partial charge >= 0.3 is 0 Å². The first kappa shape index (κ1) is 31.8. The van der Waals surface area contributed by atoms with E-state index in [1.807, 2.05) is 42.1 Å². The van der Waals surface area contributed by atoms with Gasteiger partial charge in [-0.05, 0) is 38.0 Å². The van der Waals surface area contributed by atoms with Gasteiger partial charge in [0.2, 0.25) is 0 Å². The zero-order valence-electron chi connectivity index (χ0n) is 21.3. The molecule has 0 bridgehead atoms. The van der Waals surface area contributed by atoms with E-state index < -0.39 is 10.8 Å². The maximum atomic E-state index is 12.6. The highest BCUT2D eigenvalue weighted by molar-refractivity contribution is 7.87. The highest BCUT2D eigenvalue weighted by Crippen LogP contribution is 2.42. The van der Waals surface area contributed by atoms with Gasteiger partial charge in [-0.3, -0.25) is 9.62 Å². The minimum absolute atomic E-state index is 0.549. The third-order valence-corrected chi connectivity index (χ3v) is 8.21. The molecule has 4 aromatic rings. The molecule has 0 radical (unpaired) electrons. The topological polar surface area (TPSA) is 111 Å². The van der Waals surface area contributed by atoms with Crippen molar-refractivity contribution in [1.29, 1.82) is 5.41 Å². The molecule has 194 valence electrons. The summed E-state index contributed by atoms with van der Waals surface area (Å²) in [5.74, 6) is 3.23. The normalized spacial score (nSPS) is 9.63. The predicted molar refractivity (Wildman–Crippen MR) is 162 cm³/mol. The van der Waals surface area contributed by atoms with Gasteiger partial charge in [-0.25, -0.2) is 15.0 Å². The second-order valence-electron chi connectivity index (χ2n) is 6.69. The van der Waals surface area contributed by atoms with E-state index in [2.05, 4.69) is 71.5 Å². The van der Waals surface area contributed by atoms with E-state index in [1.54, 1.807) is 12.4 Å². The largest absolute Gasteiger partial charge is 0.396 e. The number of thiophene rings is 1. The van der Waals surface area contributed by atoms with Crippen LogP contribution in [0.3, 0.4) is 0 Å². The lowest BCUT2D eigenvalue weighted by Gasteiger charge is -2.07. The monoisotopic (exact) mass is 560 g/mol. The van der Waals surface area contributed by atoms with Crippen LogP contribution in [0.2, 0.25) is 0 Å². The first-order chi connectivity index (χ1) is 18.4. The Balaban J connectivity index is 0.000000511. The minimum atomic E-state index is -1.12. The van der Waals surface area contributed by atoms with Crippen LogP contribution in [0.15, 0.2) is 95.8 Å². The highest BCUT2D eigenvalue weighted by atomic mass is 32.2. The maximum Gasteiger partial charge on any atom is 0.141 e. The van der Waals surface area contributed by atoms with Crippen LogP contribution < -0.4 is 5.73 Å². The maximum absolute atomic E-state index is 12.6. The number of nitrogen functional groups attached to an aromatic ring is 1. The second kappa shape index (κ2) is 17.2. The number of nitrogens with zero attached hydrogens (tertiary/aromatic N) is 4. The summed E-state index contributed by atoms with van der Waals surface area (Å²) in [5.41, 5.74) is 20.1. The van der Waals surface area contributed by atoms with E-state index in [0.717, 1.165) is 38.7 Å². The Bertz CT molecular complexity index is 1540. The Hall–Kier alpha value is -4.27. The van der Waals surface area contributed by atoms with E-state index in [-0.39, 0.29) is 0 Å². The second-order valence-corrected chi connectivity index (χ2v) is 10.4. The van der Waals surface area contributed by atoms with Crippen LogP contribution in [0.5, 0.6) is 0 Å². The molecule has 4 rings (SSSR count). The standard InChI is InChI=1S/C17H17N5OS3.C5H4.C4H3N.C2H4/c1-3-8-26(23)17-13(18)12-10(14-19-4-6-22(14)2)9-11(21-16(12)25-17)15-20-5-7-24-15;1-3-5-4-2;1-2-3-4-5;1-2/h4-7,9H,3,8,18H2,1-2H3;1-2H2;5H,1H2;1-2H2. The molecule has 4 heterocycles. The molecule has 1 atom stereocenters. The summed E-state index contributed by atoms with van der Waals surface area (Å²) in [4.78, 5) is 14.4. The lowest BCUT2D eigenvalue weighted by molar-refractivity contribution is 0.683. The number of aryl methyl sites for hydroxylation is 1. The third kappa shape index (κ3) is 8.40. The quantitative estimate of drug-likeness (QED) is 0.160. The molecule has 10 heteroatoms. The van der Waals surface area contributed by atoms with Gasteiger partial charge < -0.3 is 10.3 Å². The van der Waals surface area contributed by atoms with Crippen LogP contribution in [0.1, 0.15) is 13.3 Å². The molecule has 0 aliphatic heterocycles. The highest BCUT2D eigenvalue weighted by Gasteiger charge is 2.22. The predicted octanol–water partition coefficient (Wildman–Crippen LogP) is 6.72. The van der Waals surface area contributed by atoms with Crippen LogP contribution in [-0.2, 0) is 17.8 Å². The lowest BCUT2D eigenvalue weighted by Crippen LogP contribution is -1.99. The Labute approximate surface area is 233 Å². The van der Waals surface area contributed by atoms with Crippen LogP contribution in [-0.4, -0.2) is 35.4 Å². The smallest absolute Gasteiger partial charge is 0.141 e. The summed E-state index contributed by atoms with van der Waals surface area (Å²) >= 11 is 2.94. The minimum Gasteiger partial charge on any atom is -0.396 e. The number of fused-ring (bicyclic) bond motifs is 1. The molecule has 0 spiro atoms.